The van der Waals surface area contributed by atoms with E-state index in [1.54, 1.807) is 7.11 Å². The van der Waals surface area contributed by atoms with E-state index < -0.39 is 0 Å². The van der Waals surface area contributed by atoms with E-state index in [-0.39, 0.29) is 6.04 Å². The van der Waals surface area contributed by atoms with Gasteiger partial charge in [-0.3, -0.25) is 4.90 Å². The van der Waals surface area contributed by atoms with Gasteiger partial charge in [-0.2, -0.15) is 0 Å². The van der Waals surface area contributed by atoms with Gasteiger partial charge in [0, 0.05) is 39.4 Å². The van der Waals surface area contributed by atoms with Crippen LogP contribution >= 0.6 is 0 Å². The summed E-state index contributed by atoms with van der Waals surface area (Å²) in [5.74, 6) is 0. The second-order valence-corrected chi connectivity index (χ2v) is 4.87. The Morgan fingerprint density at radius 1 is 1.38 bits per heavy atom. The minimum absolute atomic E-state index is 0.257. The third-order valence-corrected chi connectivity index (χ3v) is 2.91. The summed E-state index contributed by atoms with van der Waals surface area (Å²) in [5.41, 5.74) is 6.10. The molecule has 1 heterocycles. The van der Waals surface area contributed by atoms with Crippen molar-refractivity contribution in [1.82, 2.24) is 4.90 Å². The van der Waals surface area contributed by atoms with Crippen molar-refractivity contribution >= 4 is 0 Å². The average Bonchev–Trinajstić information content (AvgIpc) is 2.16. The van der Waals surface area contributed by atoms with Crippen LogP contribution in [0.3, 0.4) is 0 Å². The lowest BCUT2D eigenvalue weighted by molar-refractivity contribution is -0.0693. The van der Waals surface area contributed by atoms with E-state index in [4.69, 9.17) is 15.2 Å². The monoisotopic (exact) mass is 230 g/mol. The molecule has 3 unspecified atom stereocenters. The molecule has 1 saturated heterocycles. The van der Waals surface area contributed by atoms with Gasteiger partial charge in [-0.1, -0.05) is 0 Å². The number of nitrogens with two attached hydrogens (primary N) is 1. The fourth-order valence-corrected chi connectivity index (χ4v) is 2.35. The van der Waals surface area contributed by atoms with Gasteiger partial charge in [0.1, 0.15) is 0 Å². The Hall–Kier alpha value is -0.160. The Morgan fingerprint density at radius 3 is 2.56 bits per heavy atom. The molecule has 1 fully saturated rings. The number of methoxy groups -OCH3 is 1. The molecule has 96 valence electrons. The molecule has 2 N–H and O–H groups in total. The molecule has 0 radical (unpaired) electrons. The van der Waals surface area contributed by atoms with Gasteiger partial charge < -0.3 is 15.2 Å². The molecule has 0 aliphatic carbocycles. The smallest absolute Gasteiger partial charge is 0.0678 e. The molecule has 1 rings (SSSR count). The SMILES string of the molecule is COCCCC(N)CN1CC(C)OC(C)C1. The van der Waals surface area contributed by atoms with Crippen LogP contribution in [0.25, 0.3) is 0 Å². The van der Waals surface area contributed by atoms with Crippen LogP contribution in [0, 0.1) is 0 Å². The Bertz CT molecular complexity index is 180. The summed E-state index contributed by atoms with van der Waals surface area (Å²) < 4.78 is 10.7. The van der Waals surface area contributed by atoms with Crippen LogP contribution in [0.2, 0.25) is 0 Å². The summed E-state index contributed by atoms with van der Waals surface area (Å²) in [7, 11) is 1.73. The van der Waals surface area contributed by atoms with E-state index in [2.05, 4.69) is 18.7 Å². The Labute approximate surface area is 99.1 Å². The first-order chi connectivity index (χ1) is 7.61. The second-order valence-electron chi connectivity index (χ2n) is 4.87. The summed E-state index contributed by atoms with van der Waals surface area (Å²) in [5, 5.41) is 0. The van der Waals surface area contributed by atoms with Gasteiger partial charge in [-0.15, -0.1) is 0 Å². The van der Waals surface area contributed by atoms with Gasteiger partial charge in [0.15, 0.2) is 0 Å². The number of morpholine rings is 1. The molecule has 1 aliphatic rings. The summed E-state index contributed by atoms with van der Waals surface area (Å²) >= 11 is 0. The van der Waals surface area contributed by atoms with Gasteiger partial charge in [-0.05, 0) is 26.7 Å². The molecule has 0 aromatic carbocycles. The van der Waals surface area contributed by atoms with Crippen LogP contribution in [-0.4, -0.2) is 56.5 Å². The molecular formula is C12H26N2O2. The zero-order valence-electron chi connectivity index (χ0n) is 10.8. The predicted octanol–water partition coefficient (Wildman–Crippen LogP) is 0.850. The van der Waals surface area contributed by atoms with Crippen LogP contribution in [0.4, 0.5) is 0 Å². The summed E-state index contributed by atoms with van der Waals surface area (Å²) in [6, 6.07) is 0.257. The fourth-order valence-electron chi connectivity index (χ4n) is 2.35. The second kappa shape index (κ2) is 7.22. The van der Waals surface area contributed by atoms with Gasteiger partial charge >= 0.3 is 0 Å². The van der Waals surface area contributed by atoms with Crippen LogP contribution in [0.15, 0.2) is 0 Å². The van der Waals surface area contributed by atoms with Crippen LogP contribution in [-0.2, 0) is 9.47 Å². The van der Waals surface area contributed by atoms with E-state index in [0.717, 1.165) is 39.1 Å². The van der Waals surface area contributed by atoms with Crippen molar-refractivity contribution in [2.45, 2.75) is 44.9 Å². The van der Waals surface area contributed by atoms with E-state index in [1.165, 1.54) is 0 Å². The highest BCUT2D eigenvalue weighted by molar-refractivity contribution is 4.76. The molecule has 3 atom stereocenters. The molecule has 0 bridgehead atoms. The molecule has 0 saturated carbocycles. The maximum atomic E-state index is 6.10. The van der Waals surface area contributed by atoms with E-state index >= 15 is 0 Å². The average molecular weight is 230 g/mol. The highest BCUT2D eigenvalue weighted by atomic mass is 16.5. The number of ether oxygens (including phenoxy) is 2. The minimum Gasteiger partial charge on any atom is -0.385 e. The van der Waals surface area contributed by atoms with Gasteiger partial charge in [-0.25, -0.2) is 0 Å². The van der Waals surface area contributed by atoms with Crippen molar-refractivity contribution in [3.8, 4) is 0 Å². The molecule has 4 nitrogen and oxygen atoms in total. The molecule has 1 aliphatic heterocycles. The minimum atomic E-state index is 0.257. The van der Waals surface area contributed by atoms with Gasteiger partial charge in [0.25, 0.3) is 0 Å². The largest absolute Gasteiger partial charge is 0.385 e. The van der Waals surface area contributed by atoms with Crippen LogP contribution < -0.4 is 5.73 Å². The molecule has 16 heavy (non-hydrogen) atoms. The first-order valence-electron chi connectivity index (χ1n) is 6.24. The van der Waals surface area contributed by atoms with Crippen LogP contribution in [0.5, 0.6) is 0 Å². The van der Waals surface area contributed by atoms with E-state index in [0.29, 0.717) is 12.2 Å². The highest BCUT2D eigenvalue weighted by Crippen LogP contribution is 2.11. The van der Waals surface area contributed by atoms with Crippen molar-refractivity contribution in [1.29, 1.82) is 0 Å². The third kappa shape index (κ3) is 5.25. The van der Waals surface area contributed by atoms with Crippen molar-refractivity contribution < 1.29 is 9.47 Å². The number of nitrogens with zero attached hydrogens (tertiary/aromatic N) is 1. The summed E-state index contributed by atoms with van der Waals surface area (Å²) in [4.78, 5) is 2.41. The molecule has 4 heteroatoms. The third-order valence-electron chi connectivity index (χ3n) is 2.91. The van der Waals surface area contributed by atoms with Crippen LogP contribution in [0.1, 0.15) is 26.7 Å². The lowest BCUT2D eigenvalue weighted by Crippen LogP contribution is -2.49. The molecule has 0 amide bonds. The lowest BCUT2D eigenvalue weighted by atomic mass is 10.1. The number of hydrogen-bond acceptors (Lipinski definition) is 4. The molecule has 0 spiro atoms. The quantitative estimate of drug-likeness (QED) is 0.687. The number of rotatable bonds is 6. The topological polar surface area (TPSA) is 47.7 Å². The Balaban J connectivity index is 2.19. The van der Waals surface area contributed by atoms with Crippen molar-refractivity contribution in [2.75, 3.05) is 33.4 Å². The molecule has 0 aromatic rings. The standard InChI is InChI=1S/C12H26N2O2/c1-10-7-14(8-11(2)16-10)9-12(13)5-4-6-15-3/h10-12H,4-9,13H2,1-3H3. The zero-order chi connectivity index (χ0) is 12.0. The summed E-state index contributed by atoms with van der Waals surface area (Å²) in [6.07, 6.45) is 2.74. The van der Waals surface area contributed by atoms with E-state index in [9.17, 15) is 0 Å². The first-order valence-corrected chi connectivity index (χ1v) is 6.24. The Kier molecular flexibility index (Phi) is 6.28. The predicted molar refractivity (Wildman–Crippen MR) is 65.5 cm³/mol. The normalized spacial score (nSPS) is 29.2. The maximum Gasteiger partial charge on any atom is 0.0678 e. The molecule has 0 aromatic heterocycles. The van der Waals surface area contributed by atoms with Gasteiger partial charge in [0.2, 0.25) is 0 Å². The fraction of sp³-hybridized carbons (Fsp3) is 1.00. The summed E-state index contributed by atoms with van der Waals surface area (Å²) in [6.45, 7) is 8.04. The first kappa shape index (κ1) is 13.9. The van der Waals surface area contributed by atoms with Crippen molar-refractivity contribution in [2.24, 2.45) is 5.73 Å². The van der Waals surface area contributed by atoms with Gasteiger partial charge in [0.05, 0.1) is 12.2 Å². The van der Waals surface area contributed by atoms with Crippen molar-refractivity contribution in [3.63, 3.8) is 0 Å². The molecular weight excluding hydrogens is 204 g/mol. The lowest BCUT2D eigenvalue weighted by Gasteiger charge is -2.36. The van der Waals surface area contributed by atoms with Crippen molar-refractivity contribution in [3.05, 3.63) is 0 Å². The van der Waals surface area contributed by atoms with E-state index in [1.807, 2.05) is 0 Å². The number of hydrogen-bond donors (Lipinski definition) is 1. The Morgan fingerprint density at radius 2 is 2.00 bits per heavy atom. The highest BCUT2D eigenvalue weighted by Gasteiger charge is 2.23. The maximum absolute atomic E-state index is 6.10. The zero-order valence-corrected chi connectivity index (χ0v) is 10.8.